The van der Waals surface area contributed by atoms with Crippen molar-refractivity contribution in [2.24, 2.45) is 0 Å². The molecule has 2 heterocycles. The average molecular weight is 418 g/mol. The highest BCUT2D eigenvalue weighted by atomic mass is 35.5. The van der Waals surface area contributed by atoms with Gasteiger partial charge in [-0.05, 0) is 42.7 Å². The Bertz CT molecular complexity index is 914. The van der Waals surface area contributed by atoms with Gasteiger partial charge >= 0.3 is 0 Å². The second kappa shape index (κ2) is 9.91. The summed E-state index contributed by atoms with van der Waals surface area (Å²) in [5.41, 5.74) is 1.84. The summed E-state index contributed by atoms with van der Waals surface area (Å²) < 4.78 is 5.14. The van der Waals surface area contributed by atoms with Gasteiger partial charge in [0.15, 0.2) is 5.82 Å². The van der Waals surface area contributed by atoms with Crippen molar-refractivity contribution >= 4 is 41.6 Å². The molecule has 0 saturated carbocycles. The smallest absolute Gasteiger partial charge is 0.262 e. The molecule has 0 aliphatic rings. The Morgan fingerprint density at radius 2 is 1.89 bits per heavy atom. The van der Waals surface area contributed by atoms with Crippen LogP contribution in [0.25, 0.3) is 11.4 Å². The highest BCUT2D eigenvalue weighted by molar-refractivity contribution is 7.98. The number of aromatic nitrogens is 3. The SMILES string of the molecule is CNc1nc(-c2cccnc2)nc(SC)c1C(=O)Nc1ccc(OC)cc1.Cl. The van der Waals surface area contributed by atoms with Gasteiger partial charge in [-0.25, -0.2) is 9.97 Å². The van der Waals surface area contributed by atoms with E-state index in [2.05, 4.69) is 25.6 Å². The van der Waals surface area contributed by atoms with Crippen LogP contribution in [0.2, 0.25) is 0 Å². The Hall–Kier alpha value is -2.84. The molecule has 3 rings (SSSR count). The molecule has 0 fully saturated rings. The number of carbonyl (C=O) groups is 1. The van der Waals surface area contributed by atoms with Gasteiger partial charge in [-0.2, -0.15) is 0 Å². The van der Waals surface area contributed by atoms with Crippen molar-refractivity contribution in [1.29, 1.82) is 0 Å². The number of thioether (sulfide) groups is 1. The largest absolute Gasteiger partial charge is 0.497 e. The molecule has 28 heavy (non-hydrogen) atoms. The molecule has 0 spiro atoms. The van der Waals surface area contributed by atoms with E-state index < -0.39 is 0 Å². The van der Waals surface area contributed by atoms with E-state index in [0.29, 0.717) is 27.9 Å². The highest BCUT2D eigenvalue weighted by Gasteiger charge is 2.21. The van der Waals surface area contributed by atoms with Crippen molar-refractivity contribution in [3.05, 3.63) is 54.4 Å². The number of benzene rings is 1. The molecule has 0 aliphatic heterocycles. The molecule has 0 aliphatic carbocycles. The summed E-state index contributed by atoms with van der Waals surface area (Å²) in [6, 6.07) is 10.8. The number of hydrogen-bond acceptors (Lipinski definition) is 7. The van der Waals surface area contributed by atoms with Gasteiger partial charge in [0.2, 0.25) is 0 Å². The third-order valence-electron chi connectivity index (χ3n) is 3.80. The van der Waals surface area contributed by atoms with Crippen LogP contribution >= 0.6 is 24.2 Å². The van der Waals surface area contributed by atoms with E-state index in [9.17, 15) is 4.79 Å². The number of ether oxygens (including phenoxy) is 1. The van der Waals surface area contributed by atoms with Gasteiger partial charge in [0.05, 0.1) is 7.11 Å². The van der Waals surface area contributed by atoms with Crippen molar-refractivity contribution in [3.8, 4) is 17.1 Å². The van der Waals surface area contributed by atoms with E-state index in [-0.39, 0.29) is 18.3 Å². The topological polar surface area (TPSA) is 89.0 Å². The number of carbonyl (C=O) groups excluding carboxylic acids is 1. The first kappa shape index (κ1) is 21.5. The molecule has 7 nitrogen and oxygen atoms in total. The predicted molar refractivity (Wildman–Crippen MR) is 115 cm³/mol. The van der Waals surface area contributed by atoms with Crippen molar-refractivity contribution < 1.29 is 9.53 Å². The molecule has 2 N–H and O–H groups in total. The molecule has 1 amide bonds. The molecule has 1 aromatic carbocycles. The number of amides is 1. The standard InChI is InChI=1S/C19H19N5O2S.ClH/c1-20-17-15(18(25)22-13-6-8-14(26-2)9-7-13)19(27-3)24-16(23-17)12-5-4-10-21-11-12;/h4-11H,1-3H3,(H,22,25)(H,20,23,24);1H. The summed E-state index contributed by atoms with van der Waals surface area (Å²) in [4.78, 5) is 26.0. The quantitative estimate of drug-likeness (QED) is 0.463. The van der Waals surface area contributed by atoms with Crippen LogP contribution in [0.15, 0.2) is 53.8 Å². The average Bonchev–Trinajstić information content (AvgIpc) is 2.73. The van der Waals surface area contributed by atoms with Gasteiger partial charge in [-0.1, -0.05) is 0 Å². The zero-order valence-electron chi connectivity index (χ0n) is 15.6. The van der Waals surface area contributed by atoms with Crippen LogP contribution in [-0.2, 0) is 0 Å². The number of nitrogens with zero attached hydrogens (tertiary/aromatic N) is 3. The van der Waals surface area contributed by atoms with Crippen molar-refractivity contribution in [2.75, 3.05) is 31.0 Å². The molecule has 0 unspecified atom stereocenters. The predicted octanol–water partition coefficient (Wildman–Crippen LogP) is 3.98. The van der Waals surface area contributed by atoms with Gasteiger partial charge in [0, 0.05) is 30.7 Å². The lowest BCUT2D eigenvalue weighted by atomic mass is 10.2. The van der Waals surface area contributed by atoms with E-state index >= 15 is 0 Å². The zero-order chi connectivity index (χ0) is 19.2. The molecular formula is C19H20ClN5O2S. The Balaban J connectivity index is 0.00000280. The lowest BCUT2D eigenvalue weighted by molar-refractivity contribution is 0.102. The van der Waals surface area contributed by atoms with Crippen LogP contribution in [0.1, 0.15) is 10.4 Å². The highest BCUT2D eigenvalue weighted by Crippen LogP contribution is 2.28. The molecule has 0 saturated heterocycles. The Kier molecular flexibility index (Phi) is 7.60. The van der Waals surface area contributed by atoms with Gasteiger partial charge < -0.3 is 15.4 Å². The van der Waals surface area contributed by atoms with Crippen LogP contribution < -0.4 is 15.4 Å². The van der Waals surface area contributed by atoms with Gasteiger partial charge in [-0.3, -0.25) is 9.78 Å². The summed E-state index contributed by atoms with van der Waals surface area (Å²) in [5.74, 6) is 1.40. The maximum absolute atomic E-state index is 12.9. The minimum atomic E-state index is -0.286. The maximum Gasteiger partial charge on any atom is 0.262 e. The van der Waals surface area contributed by atoms with Crippen molar-refractivity contribution in [3.63, 3.8) is 0 Å². The van der Waals surface area contributed by atoms with E-state index in [1.807, 2.05) is 18.4 Å². The zero-order valence-corrected chi connectivity index (χ0v) is 17.2. The molecule has 0 bridgehead atoms. The van der Waals surface area contributed by atoms with Crippen LogP contribution in [0.3, 0.4) is 0 Å². The van der Waals surface area contributed by atoms with Crippen LogP contribution in [0.4, 0.5) is 11.5 Å². The number of rotatable bonds is 6. The molecule has 146 valence electrons. The van der Waals surface area contributed by atoms with E-state index in [1.165, 1.54) is 11.8 Å². The lowest BCUT2D eigenvalue weighted by Crippen LogP contribution is -2.17. The first-order chi connectivity index (χ1) is 13.2. The fraction of sp³-hybridized carbons (Fsp3) is 0.158. The fourth-order valence-electron chi connectivity index (χ4n) is 2.47. The van der Waals surface area contributed by atoms with E-state index in [0.717, 1.165) is 11.3 Å². The molecule has 3 aromatic rings. The van der Waals surface area contributed by atoms with Gasteiger partial charge in [0.1, 0.15) is 22.2 Å². The molecular weight excluding hydrogens is 398 g/mol. The summed E-state index contributed by atoms with van der Waals surface area (Å²) in [6.45, 7) is 0. The maximum atomic E-state index is 12.9. The third kappa shape index (κ3) is 4.71. The van der Waals surface area contributed by atoms with E-state index in [1.54, 1.807) is 50.8 Å². The van der Waals surface area contributed by atoms with Crippen molar-refractivity contribution in [1.82, 2.24) is 15.0 Å². The monoisotopic (exact) mass is 417 g/mol. The number of methoxy groups -OCH3 is 1. The first-order valence-corrected chi connectivity index (χ1v) is 9.38. The first-order valence-electron chi connectivity index (χ1n) is 8.16. The Morgan fingerprint density at radius 3 is 2.46 bits per heavy atom. The van der Waals surface area contributed by atoms with Gasteiger partial charge in [0.25, 0.3) is 5.91 Å². The van der Waals surface area contributed by atoms with Crippen molar-refractivity contribution in [2.45, 2.75) is 5.03 Å². The normalized spacial score (nSPS) is 9.96. The summed E-state index contributed by atoms with van der Waals surface area (Å²) in [6.07, 6.45) is 5.25. The lowest BCUT2D eigenvalue weighted by Gasteiger charge is -2.14. The minimum Gasteiger partial charge on any atom is -0.497 e. The summed E-state index contributed by atoms with van der Waals surface area (Å²) >= 11 is 1.39. The Labute approximate surface area is 173 Å². The summed E-state index contributed by atoms with van der Waals surface area (Å²) in [5, 5.41) is 6.46. The number of hydrogen-bond donors (Lipinski definition) is 2. The summed E-state index contributed by atoms with van der Waals surface area (Å²) in [7, 11) is 3.32. The molecule has 0 atom stereocenters. The Morgan fingerprint density at radius 1 is 1.14 bits per heavy atom. The van der Waals surface area contributed by atoms with Crippen LogP contribution in [0.5, 0.6) is 5.75 Å². The van der Waals surface area contributed by atoms with Gasteiger partial charge in [-0.15, -0.1) is 24.2 Å². The third-order valence-corrected chi connectivity index (χ3v) is 4.48. The molecule has 0 radical (unpaired) electrons. The fourth-order valence-corrected chi connectivity index (χ4v) is 3.04. The number of anilines is 2. The number of nitrogens with one attached hydrogen (secondary N) is 2. The van der Waals surface area contributed by atoms with Crippen LogP contribution in [-0.4, -0.2) is 41.3 Å². The molecule has 9 heteroatoms. The molecule has 2 aromatic heterocycles. The second-order valence-corrected chi connectivity index (χ2v) is 6.25. The number of halogens is 1. The number of pyridine rings is 1. The van der Waals surface area contributed by atoms with E-state index in [4.69, 9.17) is 4.74 Å². The second-order valence-electron chi connectivity index (χ2n) is 5.45. The van der Waals surface area contributed by atoms with Crippen LogP contribution in [0, 0.1) is 0 Å². The minimum absolute atomic E-state index is 0.